The van der Waals surface area contributed by atoms with Gasteiger partial charge in [-0.25, -0.2) is 0 Å². The summed E-state index contributed by atoms with van der Waals surface area (Å²) in [6.45, 7) is 0. The molecule has 2 fully saturated rings. The standard InChI is InChI=1S/C10H15NO4/c12-8-4-6-10(11(14)15)5-2-1-3-7(8)9(10)13/h7-8,12H,1-6H2/t7-,8+,10+/m0/s1. The third kappa shape index (κ3) is 1.45. The first-order valence-corrected chi connectivity index (χ1v) is 5.45. The van der Waals surface area contributed by atoms with Crippen LogP contribution in [-0.2, 0) is 4.79 Å². The predicted molar refractivity (Wildman–Crippen MR) is 51.9 cm³/mol. The van der Waals surface area contributed by atoms with Crippen LogP contribution in [0.5, 0.6) is 0 Å². The van der Waals surface area contributed by atoms with E-state index in [1.54, 1.807) is 0 Å². The van der Waals surface area contributed by atoms with Crippen molar-refractivity contribution in [2.24, 2.45) is 5.92 Å². The van der Waals surface area contributed by atoms with Crippen LogP contribution >= 0.6 is 0 Å². The summed E-state index contributed by atoms with van der Waals surface area (Å²) in [6.07, 6.45) is 2.41. The molecule has 0 radical (unpaired) electrons. The van der Waals surface area contributed by atoms with Gasteiger partial charge in [-0.05, 0) is 19.3 Å². The van der Waals surface area contributed by atoms with Gasteiger partial charge in [0.1, 0.15) is 0 Å². The molecule has 0 spiro atoms. The number of hydrogen-bond donors (Lipinski definition) is 1. The van der Waals surface area contributed by atoms with E-state index in [1.165, 1.54) is 0 Å². The molecule has 2 bridgehead atoms. The molecule has 2 rings (SSSR count). The molecule has 0 heterocycles. The molecule has 0 amide bonds. The van der Waals surface area contributed by atoms with Crippen molar-refractivity contribution in [3.63, 3.8) is 0 Å². The Hall–Kier alpha value is -0.970. The van der Waals surface area contributed by atoms with E-state index >= 15 is 0 Å². The lowest BCUT2D eigenvalue weighted by Crippen LogP contribution is -2.54. The smallest absolute Gasteiger partial charge is 0.279 e. The van der Waals surface area contributed by atoms with E-state index in [9.17, 15) is 20.0 Å². The molecule has 1 N–H and O–H groups in total. The monoisotopic (exact) mass is 213 g/mol. The van der Waals surface area contributed by atoms with Gasteiger partial charge >= 0.3 is 0 Å². The van der Waals surface area contributed by atoms with Crippen molar-refractivity contribution in [1.82, 2.24) is 0 Å². The fourth-order valence-corrected chi connectivity index (χ4v) is 2.86. The Kier molecular flexibility index (Phi) is 2.50. The topological polar surface area (TPSA) is 80.4 Å². The van der Waals surface area contributed by atoms with Crippen LogP contribution in [-0.4, -0.2) is 27.5 Å². The molecule has 0 unspecified atom stereocenters. The molecule has 15 heavy (non-hydrogen) atoms. The molecule has 2 saturated carbocycles. The normalized spacial score (nSPS) is 41.0. The SMILES string of the molecule is O=C1[C@H]2CCCC[C@@]1([N+](=O)[O-])CC[C@H]2O. The maximum Gasteiger partial charge on any atom is 0.279 e. The van der Waals surface area contributed by atoms with Crippen molar-refractivity contribution in [1.29, 1.82) is 0 Å². The second kappa shape index (κ2) is 3.56. The minimum atomic E-state index is -1.37. The molecule has 5 nitrogen and oxygen atoms in total. The number of nitrogens with zero attached hydrogens (tertiary/aromatic N) is 1. The van der Waals surface area contributed by atoms with Crippen molar-refractivity contribution < 1.29 is 14.8 Å². The number of ketones is 1. The van der Waals surface area contributed by atoms with Crippen molar-refractivity contribution in [3.05, 3.63) is 10.1 Å². The molecule has 0 saturated heterocycles. The van der Waals surface area contributed by atoms with Crippen LogP contribution in [0, 0.1) is 16.0 Å². The summed E-state index contributed by atoms with van der Waals surface area (Å²) in [4.78, 5) is 22.6. The molecule has 0 aromatic carbocycles. The van der Waals surface area contributed by atoms with Crippen molar-refractivity contribution >= 4 is 5.78 Å². The first-order valence-electron chi connectivity index (χ1n) is 5.45. The molecular formula is C10H15NO4. The number of Topliss-reactive ketones (excluding diaryl/α,β-unsaturated/α-hetero) is 1. The first kappa shape index (κ1) is 10.5. The van der Waals surface area contributed by atoms with Crippen molar-refractivity contribution in [2.75, 3.05) is 0 Å². The number of carbonyl (C=O) groups is 1. The number of aliphatic hydroxyl groups excluding tert-OH is 1. The quantitative estimate of drug-likeness (QED) is 0.518. The molecule has 2 aliphatic carbocycles. The second-order valence-corrected chi connectivity index (χ2v) is 4.61. The molecule has 5 heteroatoms. The number of carbonyl (C=O) groups excluding carboxylic acids is 1. The van der Waals surface area contributed by atoms with Gasteiger partial charge in [-0.15, -0.1) is 0 Å². The summed E-state index contributed by atoms with van der Waals surface area (Å²) < 4.78 is 0. The van der Waals surface area contributed by atoms with Crippen LogP contribution in [0.1, 0.15) is 38.5 Å². The van der Waals surface area contributed by atoms with Gasteiger partial charge in [-0.1, -0.05) is 6.42 Å². The minimum Gasteiger partial charge on any atom is -0.392 e. The highest BCUT2D eigenvalue weighted by Crippen LogP contribution is 2.40. The summed E-state index contributed by atoms with van der Waals surface area (Å²) in [5.74, 6) is -0.824. The third-order valence-corrected chi connectivity index (χ3v) is 3.82. The number of aliphatic hydroxyl groups is 1. The lowest BCUT2D eigenvalue weighted by atomic mass is 9.72. The molecule has 84 valence electrons. The summed E-state index contributed by atoms with van der Waals surface area (Å²) in [5, 5.41) is 20.7. The molecule has 0 aliphatic heterocycles. The highest BCUT2D eigenvalue weighted by Gasteiger charge is 2.57. The molecule has 2 aliphatic rings. The van der Waals surface area contributed by atoms with E-state index in [0.717, 1.165) is 12.8 Å². The van der Waals surface area contributed by atoms with Crippen LogP contribution in [0.15, 0.2) is 0 Å². The fourth-order valence-electron chi connectivity index (χ4n) is 2.86. The first-order chi connectivity index (χ1) is 7.08. The van der Waals surface area contributed by atoms with Crippen molar-refractivity contribution in [3.8, 4) is 0 Å². The lowest BCUT2D eigenvalue weighted by molar-refractivity contribution is -0.557. The highest BCUT2D eigenvalue weighted by atomic mass is 16.6. The Morgan fingerprint density at radius 2 is 2.07 bits per heavy atom. The molecule has 0 aromatic rings. The third-order valence-electron chi connectivity index (χ3n) is 3.82. The Morgan fingerprint density at radius 1 is 1.33 bits per heavy atom. The van der Waals surface area contributed by atoms with E-state index in [1.807, 2.05) is 0 Å². The Bertz CT molecular complexity index is 304. The molecule has 3 atom stereocenters. The summed E-state index contributed by atoms with van der Waals surface area (Å²) in [7, 11) is 0. The largest absolute Gasteiger partial charge is 0.392 e. The molecular weight excluding hydrogens is 198 g/mol. The van der Waals surface area contributed by atoms with Crippen LogP contribution in [0.4, 0.5) is 0 Å². The second-order valence-electron chi connectivity index (χ2n) is 4.61. The van der Waals surface area contributed by atoms with E-state index in [0.29, 0.717) is 19.3 Å². The minimum absolute atomic E-state index is 0.205. The number of rotatable bonds is 1. The lowest BCUT2D eigenvalue weighted by Gasteiger charge is -2.33. The fraction of sp³-hybridized carbons (Fsp3) is 0.900. The van der Waals surface area contributed by atoms with Gasteiger partial charge in [-0.2, -0.15) is 0 Å². The van der Waals surface area contributed by atoms with E-state index < -0.39 is 22.5 Å². The van der Waals surface area contributed by atoms with E-state index in [-0.39, 0.29) is 12.2 Å². The zero-order valence-corrected chi connectivity index (χ0v) is 8.52. The maximum absolute atomic E-state index is 12.0. The maximum atomic E-state index is 12.0. The van der Waals surface area contributed by atoms with Gasteiger partial charge in [0.15, 0.2) is 0 Å². The Balaban J connectivity index is 2.37. The average molecular weight is 213 g/mol. The van der Waals surface area contributed by atoms with Gasteiger partial charge in [0.25, 0.3) is 5.54 Å². The van der Waals surface area contributed by atoms with E-state index in [2.05, 4.69) is 0 Å². The van der Waals surface area contributed by atoms with E-state index in [4.69, 9.17) is 0 Å². The average Bonchev–Trinajstić information content (AvgIpc) is 2.28. The van der Waals surface area contributed by atoms with Crippen LogP contribution in [0.2, 0.25) is 0 Å². The summed E-state index contributed by atoms with van der Waals surface area (Å²) in [5.41, 5.74) is -1.37. The van der Waals surface area contributed by atoms with Gasteiger partial charge in [-0.3, -0.25) is 14.9 Å². The zero-order valence-electron chi connectivity index (χ0n) is 8.52. The number of nitro groups is 1. The van der Waals surface area contributed by atoms with Crippen LogP contribution < -0.4 is 0 Å². The van der Waals surface area contributed by atoms with Gasteiger partial charge in [0.05, 0.1) is 12.0 Å². The number of hydrogen-bond acceptors (Lipinski definition) is 4. The Labute approximate surface area is 87.6 Å². The summed E-state index contributed by atoms with van der Waals surface area (Å²) in [6, 6.07) is 0. The highest BCUT2D eigenvalue weighted by molar-refractivity contribution is 5.90. The van der Waals surface area contributed by atoms with Crippen LogP contribution in [0.3, 0.4) is 0 Å². The van der Waals surface area contributed by atoms with Gasteiger partial charge in [0.2, 0.25) is 5.78 Å². The van der Waals surface area contributed by atoms with Crippen LogP contribution in [0.25, 0.3) is 0 Å². The zero-order chi connectivity index (χ0) is 11.1. The van der Waals surface area contributed by atoms with Gasteiger partial charge in [0, 0.05) is 17.8 Å². The van der Waals surface area contributed by atoms with Gasteiger partial charge < -0.3 is 5.11 Å². The molecule has 0 aromatic heterocycles. The van der Waals surface area contributed by atoms with Crippen molar-refractivity contribution in [2.45, 2.75) is 50.2 Å². The predicted octanol–water partition coefficient (Wildman–Crippen LogP) is 0.916. The number of fused-ring (bicyclic) bond motifs is 2. The Morgan fingerprint density at radius 3 is 2.73 bits per heavy atom. The summed E-state index contributed by atoms with van der Waals surface area (Å²) >= 11 is 0.